The van der Waals surface area contributed by atoms with E-state index in [1.807, 2.05) is 12.1 Å². The van der Waals surface area contributed by atoms with E-state index in [2.05, 4.69) is 17.9 Å². The molecule has 1 aromatic carbocycles. The molecular formula is C15H20N2O. The molecule has 96 valence electrons. The van der Waals surface area contributed by atoms with Crippen LogP contribution in [0.2, 0.25) is 0 Å². The number of nitrogens with zero attached hydrogens (tertiary/aromatic N) is 2. The van der Waals surface area contributed by atoms with Gasteiger partial charge in [-0.3, -0.25) is 0 Å². The Morgan fingerprint density at radius 1 is 1.56 bits per heavy atom. The number of nitriles is 1. The number of hydrogen-bond acceptors (Lipinski definition) is 3. The van der Waals surface area contributed by atoms with Crippen LogP contribution in [-0.4, -0.2) is 17.7 Å². The van der Waals surface area contributed by atoms with Crippen molar-refractivity contribution in [2.45, 2.75) is 45.3 Å². The maximum absolute atomic E-state index is 9.88. The zero-order valence-corrected chi connectivity index (χ0v) is 11.1. The molecule has 0 aliphatic carbocycles. The van der Waals surface area contributed by atoms with Gasteiger partial charge in [-0.25, -0.2) is 0 Å². The minimum absolute atomic E-state index is 0.495. The van der Waals surface area contributed by atoms with E-state index in [9.17, 15) is 5.11 Å². The number of rotatable bonds is 3. The van der Waals surface area contributed by atoms with Crippen LogP contribution in [0.25, 0.3) is 0 Å². The molecule has 1 fully saturated rings. The molecule has 0 spiro atoms. The molecule has 1 aromatic rings. The summed E-state index contributed by atoms with van der Waals surface area (Å²) in [4.78, 5) is 2.35. The maximum atomic E-state index is 9.88. The topological polar surface area (TPSA) is 47.3 Å². The Bertz CT molecular complexity index is 462. The second-order valence-electron chi connectivity index (χ2n) is 4.96. The molecule has 1 aliphatic rings. The monoisotopic (exact) mass is 244 g/mol. The number of hydrogen-bond donors (Lipinski definition) is 1. The Hall–Kier alpha value is -1.53. The van der Waals surface area contributed by atoms with E-state index in [0.717, 1.165) is 24.2 Å². The van der Waals surface area contributed by atoms with Gasteiger partial charge in [-0.2, -0.15) is 5.26 Å². The first-order valence-corrected chi connectivity index (χ1v) is 6.66. The van der Waals surface area contributed by atoms with E-state index in [-0.39, 0.29) is 0 Å². The Balaban J connectivity index is 2.43. The lowest BCUT2D eigenvalue weighted by Crippen LogP contribution is -2.29. The highest BCUT2D eigenvalue weighted by Crippen LogP contribution is 2.33. The third kappa shape index (κ3) is 2.34. The van der Waals surface area contributed by atoms with Gasteiger partial charge in [-0.15, -0.1) is 0 Å². The molecule has 0 aromatic heterocycles. The number of aliphatic hydroxyl groups excluding tert-OH is 1. The summed E-state index contributed by atoms with van der Waals surface area (Å²) in [6.07, 6.45) is 3.00. The van der Waals surface area contributed by atoms with E-state index in [1.54, 1.807) is 13.0 Å². The van der Waals surface area contributed by atoms with Crippen molar-refractivity contribution in [2.24, 2.45) is 0 Å². The van der Waals surface area contributed by atoms with Crippen molar-refractivity contribution < 1.29 is 5.11 Å². The average molecular weight is 244 g/mol. The minimum atomic E-state index is -0.495. The third-order valence-corrected chi connectivity index (χ3v) is 3.77. The molecule has 0 saturated carbocycles. The SMILES string of the molecule is CCC1CCCN1c1cc(C#N)ccc1C(C)O. The summed E-state index contributed by atoms with van der Waals surface area (Å²) in [5, 5.41) is 18.9. The average Bonchev–Trinajstić information content (AvgIpc) is 2.85. The fourth-order valence-corrected chi connectivity index (χ4v) is 2.79. The quantitative estimate of drug-likeness (QED) is 0.889. The number of aliphatic hydroxyl groups is 1. The standard InChI is InChI=1S/C15H20N2O/c1-3-13-5-4-8-17(13)15-9-12(10-16)6-7-14(15)11(2)18/h6-7,9,11,13,18H,3-5,8H2,1-2H3. The summed E-state index contributed by atoms with van der Waals surface area (Å²) in [5.41, 5.74) is 2.62. The third-order valence-electron chi connectivity index (χ3n) is 3.77. The van der Waals surface area contributed by atoms with E-state index in [0.29, 0.717) is 11.6 Å². The molecule has 2 unspecified atom stereocenters. The van der Waals surface area contributed by atoms with Crippen LogP contribution < -0.4 is 4.90 Å². The van der Waals surface area contributed by atoms with Gasteiger partial charge < -0.3 is 10.0 Å². The Kier molecular flexibility index (Phi) is 3.88. The van der Waals surface area contributed by atoms with Crippen LogP contribution in [0, 0.1) is 11.3 Å². The lowest BCUT2D eigenvalue weighted by atomic mass is 10.0. The Morgan fingerprint density at radius 3 is 2.94 bits per heavy atom. The molecule has 0 amide bonds. The fraction of sp³-hybridized carbons (Fsp3) is 0.533. The first-order valence-electron chi connectivity index (χ1n) is 6.66. The highest BCUT2D eigenvalue weighted by Gasteiger charge is 2.26. The van der Waals surface area contributed by atoms with Crippen LogP contribution in [0.3, 0.4) is 0 Å². The zero-order valence-electron chi connectivity index (χ0n) is 11.1. The van der Waals surface area contributed by atoms with Crippen LogP contribution in [0.1, 0.15) is 50.3 Å². The zero-order chi connectivity index (χ0) is 13.1. The molecule has 3 nitrogen and oxygen atoms in total. The second-order valence-corrected chi connectivity index (χ2v) is 4.96. The smallest absolute Gasteiger partial charge is 0.0992 e. The normalized spacial score (nSPS) is 20.8. The molecule has 2 rings (SSSR count). The molecule has 1 N–H and O–H groups in total. The van der Waals surface area contributed by atoms with Gasteiger partial charge in [0.25, 0.3) is 0 Å². The predicted molar refractivity (Wildman–Crippen MR) is 72.4 cm³/mol. The maximum Gasteiger partial charge on any atom is 0.0992 e. The van der Waals surface area contributed by atoms with Crippen LogP contribution >= 0.6 is 0 Å². The van der Waals surface area contributed by atoms with Crippen LogP contribution in [0.4, 0.5) is 5.69 Å². The molecule has 2 atom stereocenters. The van der Waals surface area contributed by atoms with E-state index >= 15 is 0 Å². The van der Waals surface area contributed by atoms with Crippen molar-refractivity contribution in [1.82, 2.24) is 0 Å². The van der Waals surface area contributed by atoms with Crippen molar-refractivity contribution in [1.29, 1.82) is 5.26 Å². The molecule has 1 heterocycles. The van der Waals surface area contributed by atoms with Crippen molar-refractivity contribution in [3.63, 3.8) is 0 Å². The van der Waals surface area contributed by atoms with Gasteiger partial charge in [0, 0.05) is 23.8 Å². The summed E-state index contributed by atoms with van der Waals surface area (Å²) >= 11 is 0. The van der Waals surface area contributed by atoms with Crippen LogP contribution in [0.5, 0.6) is 0 Å². The Morgan fingerprint density at radius 2 is 2.33 bits per heavy atom. The Labute approximate surface area is 109 Å². The summed E-state index contributed by atoms with van der Waals surface area (Å²) in [7, 11) is 0. The molecule has 3 heteroatoms. The first kappa shape index (κ1) is 12.9. The molecule has 1 saturated heterocycles. The highest BCUT2D eigenvalue weighted by atomic mass is 16.3. The fourth-order valence-electron chi connectivity index (χ4n) is 2.79. The lowest BCUT2D eigenvalue weighted by molar-refractivity contribution is 0.199. The van der Waals surface area contributed by atoms with Crippen LogP contribution in [0.15, 0.2) is 18.2 Å². The number of anilines is 1. The van der Waals surface area contributed by atoms with Crippen LogP contribution in [-0.2, 0) is 0 Å². The van der Waals surface area contributed by atoms with Gasteiger partial charge in [-0.1, -0.05) is 13.0 Å². The van der Waals surface area contributed by atoms with Crippen molar-refractivity contribution in [3.05, 3.63) is 29.3 Å². The predicted octanol–water partition coefficient (Wildman–Crippen LogP) is 2.99. The molecular weight excluding hydrogens is 224 g/mol. The van der Waals surface area contributed by atoms with Gasteiger partial charge in [0.05, 0.1) is 17.7 Å². The first-order chi connectivity index (χ1) is 8.67. The van der Waals surface area contributed by atoms with E-state index in [1.165, 1.54) is 12.8 Å². The van der Waals surface area contributed by atoms with Crippen molar-refractivity contribution >= 4 is 5.69 Å². The van der Waals surface area contributed by atoms with Gasteiger partial charge in [-0.05, 0) is 38.3 Å². The van der Waals surface area contributed by atoms with Gasteiger partial charge in [0.2, 0.25) is 0 Å². The largest absolute Gasteiger partial charge is 0.389 e. The van der Waals surface area contributed by atoms with Crippen molar-refractivity contribution in [3.8, 4) is 6.07 Å². The second kappa shape index (κ2) is 5.41. The highest BCUT2D eigenvalue weighted by molar-refractivity contribution is 5.59. The summed E-state index contributed by atoms with van der Waals surface area (Å²) in [6, 6.07) is 8.29. The molecule has 0 bridgehead atoms. The molecule has 1 aliphatic heterocycles. The van der Waals surface area contributed by atoms with Gasteiger partial charge >= 0.3 is 0 Å². The number of benzene rings is 1. The summed E-state index contributed by atoms with van der Waals surface area (Å²) in [6.45, 7) is 4.99. The van der Waals surface area contributed by atoms with E-state index < -0.39 is 6.10 Å². The minimum Gasteiger partial charge on any atom is -0.389 e. The summed E-state index contributed by atoms with van der Waals surface area (Å²) < 4.78 is 0. The van der Waals surface area contributed by atoms with Crippen molar-refractivity contribution in [2.75, 3.05) is 11.4 Å². The van der Waals surface area contributed by atoms with E-state index in [4.69, 9.17) is 5.26 Å². The molecule has 18 heavy (non-hydrogen) atoms. The lowest BCUT2D eigenvalue weighted by Gasteiger charge is -2.29. The molecule has 0 radical (unpaired) electrons. The van der Waals surface area contributed by atoms with Gasteiger partial charge in [0.1, 0.15) is 0 Å². The van der Waals surface area contributed by atoms with Gasteiger partial charge in [0.15, 0.2) is 0 Å². The summed E-state index contributed by atoms with van der Waals surface area (Å²) in [5.74, 6) is 0.